The summed E-state index contributed by atoms with van der Waals surface area (Å²) in [5.41, 5.74) is 0.660. The van der Waals surface area contributed by atoms with Gasteiger partial charge in [0.1, 0.15) is 0 Å². The van der Waals surface area contributed by atoms with E-state index in [1.165, 1.54) is 0 Å². The van der Waals surface area contributed by atoms with Crippen LogP contribution in [0.2, 0.25) is 0 Å². The number of aromatic nitrogens is 2. The number of esters is 1. The number of ether oxygens (including phenoxy) is 1. The van der Waals surface area contributed by atoms with Gasteiger partial charge in [-0.1, -0.05) is 26.2 Å². The highest BCUT2D eigenvalue weighted by molar-refractivity contribution is 7.71. The lowest BCUT2D eigenvalue weighted by molar-refractivity contribution is -0.143. The van der Waals surface area contributed by atoms with Gasteiger partial charge in [-0.2, -0.15) is 0 Å². The maximum atomic E-state index is 11.7. The van der Waals surface area contributed by atoms with E-state index in [1.54, 1.807) is 6.92 Å². The van der Waals surface area contributed by atoms with Gasteiger partial charge >= 0.3 is 5.97 Å². The highest BCUT2D eigenvalue weighted by Gasteiger charge is 2.11. The number of carbonyl (C=O) groups is 1. The Hall–Kier alpha value is -1.43. The standard InChI is InChI=1S/C13H20N2O3S/c1-3-4-5-6-7-18-11(16)8-10-9(2)14-13(19)15-12(10)17/h3-8H2,1-2H3,(H2,14,15,17,19). The summed E-state index contributed by atoms with van der Waals surface area (Å²) < 4.78 is 5.36. The Labute approximate surface area is 117 Å². The summed E-state index contributed by atoms with van der Waals surface area (Å²) in [6.07, 6.45) is 4.19. The highest BCUT2D eigenvalue weighted by Crippen LogP contribution is 2.02. The van der Waals surface area contributed by atoms with Crippen LogP contribution in [0, 0.1) is 11.7 Å². The average Bonchev–Trinajstić information content (AvgIpc) is 2.33. The van der Waals surface area contributed by atoms with Crippen LogP contribution in [0.25, 0.3) is 0 Å². The second kappa shape index (κ2) is 7.89. The predicted molar refractivity (Wildman–Crippen MR) is 75.8 cm³/mol. The lowest BCUT2D eigenvalue weighted by Crippen LogP contribution is -2.21. The third-order valence-corrected chi connectivity index (χ3v) is 3.04. The number of rotatable bonds is 7. The molecule has 106 valence electrons. The molecule has 6 heteroatoms. The number of unbranched alkanes of at least 4 members (excludes halogenated alkanes) is 3. The van der Waals surface area contributed by atoms with Gasteiger partial charge in [0, 0.05) is 11.3 Å². The van der Waals surface area contributed by atoms with Crippen molar-refractivity contribution in [3.63, 3.8) is 0 Å². The van der Waals surface area contributed by atoms with E-state index in [1.807, 2.05) is 0 Å². The van der Waals surface area contributed by atoms with Crippen LogP contribution >= 0.6 is 12.2 Å². The van der Waals surface area contributed by atoms with Crippen molar-refractivity contribution in [3.05, 3.63) is 26.4 Å². The lowest BCUT2D eigenvalue weighted by Gasteiger charge is -2.06. The van der Waals surface area contributed by atoms with E-state index in [4.69, 9.17) is 17.0 Å². The molecule has 1 aromatic heterocycles. The Morgan fingerprint density at radius 3 is 2.63 bits per heavy atom. The van der Waals surface area contributed by atoms with Crippen LogP contribution < -0.4 is 5.56 Å². The minimum absolute atomic E-state index is 0.0267. The van der Waals surface area contributed by atoms with Gasteiger partial charge in [-0.15, -0.1) is 0 Å². The van der Waals surface area contributed by atoms with Gasteiger partial charge < -0.3 is 9.72 Å². The van der Waals surface area contributed by atoms with Crippen molar-refractivity contribution in [1.82, 2.24) is 9.97 Å². The summed E-state index contributed by atoms with van der Waals surface area (Å²) in [4.78, 5) is 28.6. The molecule has 0 bridgehead atoms. The summed E-state index contributed by atoms with van der Waals surface area (Å²) in [5, 5.41) is 0. The molecule has 1 aromatic rings. The number of hydrogen-bond acceptors (Lipinski definition) is 4. The van der Waals surface area contributed by atoms with E-state index in [0.717, 1.165) is 25.7 Å². The molecule has 0 fully saturated rings. The highest BCUT2D eigenvalue weighted by atomic mass is 32.1. The van der Waals surface area contributed by atoms with E-state index in [9.17, 15) is 9.59 Å². The fourth-order valence-electron chi connectivity index (χ4n) is 1.75. The van der Waals surface area contributed by atoms with Crippen LogP contribution in [0.3, 0.4) is 0 Å². The molecular formula is C13H20N2O3S. The molecule has 19 heavy (non-hydrogen) atoms. The number of H-pyrrole nitrogens is 2. The number of nitrogens with one attached hydrogen (secondary N) is 2. The Balaban J connectivity index is 2.49. The number of aromatic amines is 2. The molecule has 0 aliphatic rings. The van der Waals surface area contributed by atoms with Crippen molar-refractivity contribution >= 4 is 18.2 Å². The molecule has 0 spiro atoms. The van der Waals surface area contributed by atoms with Crippen LogP contribution in [0.15, 0.2) is 4.79 Å². The van der Waals surface area contributed by atoms with Gasteiger partial charge in [0.15, 0.2) is 4.77 Å². The fraction of sp³-hybridized carbons (Fsp3) is 0.615. The summed E-state index contributed by atoms with van der Waals surface area (Å²) in [7, 11) is 0. The quantitative estimate of drug-likeness (QED) is 0.458. The van der Waals surface area contributed by atoms with Gasteiger partial charge in [-0.25, -0.2) is 0 Å². The zero-order valence-corrected chi connectivity index (χ0v) is 12.2. The number of carbonyl (C=O) groups excluding carboxylic acids is 1. The molecule has 1 rings (SSSR count). The number of hydrogen-bond donors (Lipinski definition) is 2. The first-order valence-corrected chi connectivity index (χ1v) is 6.93. The molecular weight excluding hydrogens is 264 g/mol. The third kappa shape index (κ3) is 5.38. The van der Waals surface area contributed by atoms with Crippen molar-refractivity contribution in [1.29, 1.82) is 0 Å². The molecule has 0 saturated carbocycles. The molecule has 0 atom stereocenters. The van der Waals surface area contributed by atoms with Crippen LogP contribution in [0.1, 0.15) is 43.9 Å². The van der Waals surface area contributed by atoms with Crippen molar-refractivity contribution in [2.75, 3.05) is 6.61 Å². The summed E-state index contributed by atoms with van der Waals surface area (Å²) in [5.74, 6) is -0.379. The van der Waals surface area contributed by atoms with Crippen molar-refractivity contribution in [2.45, 2.75) is 46.0 Å². The molecule has 0 amide bonds. The van der Waals surface area contributed by atoms with Gasteiger partial charge in [0.05, 0.1) is 13.0 Å². The normalized spacial score (nSPS) is 10.4. The molecule has 0 aliphatic heterocycles. The van der Waals surface area contributed by atoms with Crippen LogP contribution in [-0.4, -0.2) is 22.5 Å². The summed E-state index contributed by atoms with van der Waals surface area (Å²) in [6, 6.07) is 0. The van der Waals surface area contributed by atoms with Crippen molar-refractivity contribution < 1.29 is 9.53 Å². The zero-order chi connectivity index (χ0) is 14.3. The van der Waals surface area contributed by atoms with Gasteiger partial charge in [-0.05, 0) is 25.6 Å². The Morgan fingerprint density at radius 1 is 1.26 bits per heavy atom. The van der Waals surface area contributed by atoms with E-state index >= 15 is 0 Å². The van der Waals surface area contributed by atoms with E-state index in [0.29, 0.717) is 17.9 Å². The minimum Gasteiger partial charge on any atom is -0.465 e. The van der Waals surface area contributed by atoms with Crippen LogP contribution in [0.5, 0.6) is 0 Å². The minimum atomic E-state index is -0.379. The van der Waals surface area contributed by atoms with Crippen molar-refractivity contribution in [3.8, 4) is 0 Å². The second-order valence-electron chi connectivity index (χ2n) is 4.47. The largest absolute Gasteiger partial charge is 0.465 e. The monoisotopic (exact) mass is 284 g/mol. The predicted octanol–water partition coefficient (Wildman–Crippen LogP) is 2.41. The molecule has 0 aliphatic carbocycles. The van der Waals surface area contributed by atoms with Gasteiger partial charge in [0.25, 0.3) is 5.56 Å². The van der Waals surface area contributed by atoms with E-state index < -0.39 is 0 Å². The Morgan fingerprint density at radius 2 is 2.00 bits per heavy atom. The zero-order valence-electron chi connectivity index (χ0n) is 11.4. The number of aryl methyl sites for hydroxylation is 1. The fourth-order valence-corrected chi connectivity index (χ4v) is 1.99. The van der Waals surface area contributed by atoms with Gasteiger partial charge in [-0.3, -0.25) is 14.6 Å². The molecule has 5 nitrogen and oxygen atoms in total. The van der Waals surface area contributed by atoms with E-state index in [2.05, 4.69) is 16.9 Å². The molecule has 0 saturated heterocycles. The maximum Gasteiger partial charge on any atom is 0.310 e. The molecule has 0 aromatic carbocycles. The first-order chi connectivity index (χ1) is 9.04. The lowest BCUT2D eigenvalue weighted by atomic mass is 10.2. The van der Waals surface area contributed by atoms with Crippen LogP contribution in [0.4, 0.5) is 0 Å². The maximum absolute atomic E-state index is 11.7. The topological polar surface area (TPSA) is 75.0 Å². The Bertz CT molecular complexity index is 533. The summed E-state index contributed by atoms with van der Waals surface area (Å²) in [6.45, 7) is 4.26. The average molecular weight is 284 g/mol. The van der Waals surface area contributed by atoms with E-state index in [-0.39, 0.29) is 22.7 Å². The molecule has 1 heterocycles. The summed E-state index contributed by atoms with van der Waals surface area (Å²) >= 11 is 4.84. The second-order valence-corrected chi connectivity index (χ2v) is 4.88. The molecule has 2 N–H and O–H groups in total. The van der Waals surface area contributed by atoms with Crippen LogP contribution in [-0.2, 0) is 16.0 Å². The van der Waals surface area contributed by atoms with Gasteiger partial charge in [0.2, 0.25) is 0 Å². The van der Waals surface area contributed by atoms with Crippen molar-refractivity contribution in [2.24, 2.45) is 0 Å². The molecule has 0 radical (unpaired) electrons. The SMILES string of the molecule is CCCCCCOC(=O)Cc1c(C)[nH]c(=S)[nH]c1=O. The Kier molecular flexibility index (Phi) is 6.49. The first-order valence-electron chi connectivity index (χ1n) is 6.52. The third-order valence-electron chi connectivity index (χ3n) is 2.84. The smallest absolute Gasteiger partial charge is 0.310 e. The first kappa shape index (κ1) is 15.6. The molecule has 0 unspecified atom stereocenters.